The van der Waals surface area contributed by atoms with Crippen LogP contribution in [0.3, 0.4) is 0 Å². The topological polar surface area (TPSA) is 83.0 Å². The summed E-state index contributed by atoms with van der Waals surface area (Å²) in [5, 5.41) is 6.62. The number of para-hydroxylation sites is 1. The van der Waals surface area contributed by atoms with Gasteiger partial charge in [0.1, 0.15) is 11.5 Å². The molecule has 0 atom stereocenters. The second kappa shape index (κ2) is 10.4. The van der Waals surface area contributed by atoms with Gasteiger partial charge in [0.25, 0.3) is 0 Å². The molecule has 2 aromatic rings. The third-order valence-electron chi connectivity index (χ3n) is 5.02. The van der Waals surface area contributed by atoms with Gasteiger partial charge in [-0.25, -0.2) is 8.42 Å². The van der Waals surface area contributed by atoms with Gasteiger partial charge >= 0.3 is 0 Å². The van der Waals surface area contributed by atoms with Crippen molar-refractivity contribution in [2.75, 3.05) is 44.7 Å². The van der Waals surface area contributed by atoms with Gasteiger partial charge in [-0.05, 0) is 30.7 Å². The lowest BCUT2D eigenvalue weighted by atomic mass is 10.1. The maximum Gasteiger partial charge on any atom is 0.191 e. The Balaban J connectivity index is 1.51. The number of sulfone groups is 1. The molecule has 0 radical (unpaired) electrons. The van der Waals surface area contributed by atoms with E-state index in [-0.39, 0.29) is 11.5 Å². The summed E-state index contributed by atoms with van der Waals surface area (Å²) in [6.07, 6.45) is 0. The van der Waals surface area contributed by atoms with Crippen LogP contribution in [0.2, 0.25) is 0 Å². The molecule has 7 nitrogen and oxygen atoms in total. The number of guanidine groups is 1. The first-order valence-electron chi connectivity index (χ1n) is 10.1. The van der Waals surface area contributed by atoms with Crippen molar-refractivity contribution in [1.29, 1.82) is 0 Å². The quantitative estimate of drug-likeness (QED) is 0.518. The van der Waals surface area contributed by atoms with Crippen molar-refractivity contribution < 1.29 is 13.2 Å². The van der Waals surface area contributed by atoms with Crippen molar-refractivity contribution >= 4 is 15.8 Å². The molecule has 2 N–H and O–H groups in total. The molecular weight excluding hydrogens is 400 g/mol. The van der Waals surface area contributed by atoms with Gasteiger partial charge < -0.3 is 15.4 Å². The van der Waals surface area contributed by atoms with E-state index in [4.69, 9.17) is 4.74 Å². The maximum atomic E-state index is 11.5. The summed E-state index contributed by atoms with van der Waals surface area (Å²) in [5.74, 6) is 2.81. The first kappa shape index (κ1) is 22.1. The van der Waals surface area contributed by atoms with Crippen molar-refractivity contribution in [3.63, 3.8) is 0 Å². The molecule has 1 saturated heterocycles. The van der Waals surface area contributed by atoms with Crippen molar-refractivity contribution in [2.24, 2.45) is 4.99 Å². The average molecular weight is 431 g/mol. The van der Waals surface area contributed by atoms with E-state index in [1.165, 1.54) is 0 Å². The summed E-state index contributed by atoms with van der Waals surface area (Å²) in [5.41, 5.74) is 2.17. The zero-order valence-electron chi connectivity index (χ0n) is 17.6. The van der Waals surface area contributed by atoms with Gasteiger partial charge in [-0.2, -0.15) is 0 Å². The van der Waals surface area contributed by atoms with Crippen molar-refractivity contribution in [3.05, 3.63) is 59.7 Å². The summed E-state index contributed by atoms with van der Waals surface area (Å²) < 4.78 is 29.1. The Hall–Kier alpha value is -2.58. The van der Waals surface area contributed by atoms with Gasteiger partial charge in [-0.3, -0.25) is 9.89 Å². The number of hydrogen-bond donors (Lipinski definition) is 2. The number of aryl methyl sites for hydroxylation is 1. The van der Waals surface area contributed by atoms with E-state index in [0.29, 0.717) is 32.1 Å². The van der Waals surface area contributed by atoms with Gasteiger partial charge in [0.15, 0.2) is 15.8 Å². The highest BCUT2D eigenvalue weighted by Crippen LogP contribution is 2.26. The highest BCUT2D eigenvalue weighted by molar-refractivity contribution is 7.91. The molecule has 1 aliphatic rings. The number of rotatable bonds is 7. The highest BCUT2D eigenvalue weighted by atomic mass is 32.2. The molecule has 0 spiro atoms. The normalized spacial score (nSPS) is 16.8. The van der Waals surface area contributed by atoms with Crippen LogP contribution in [0.15, 0.2) is 53.5 Å². The first-order chi connectivity index (χ1) is 14.4. The monoisotopic (exact) mass is 430 g/mol. The molecule has 0 saturated carbocycles. The summed E-state index contributed by atoms with van der Waals surface area (Å²) in [4.78, 5) is 6.44. The molecule has 1 aliphatic heterocycles. The van der Waals surface area contributed by atoms with Crippen LogP contribution in [0.1, 0.15) is 11.1 Å². The van der Waals surface area contributed by atoms with Gasteiger partial charge in [0.05, 0.1) is 11.5 Å². The summed E-state index contributed by atoms with van der Waals surface area (Å²) in [7, 11) is -1.11. The summed E-state index contributed by atoms with van der Waals surface area (Å²) in [6, 6.07) is 15.9. The van der Waals surface area contributed by atoms with E-state index in [1.807, 2.05) is 43.3 Å². The van der Waals surface area contributed by atoms with Gasteiger partial charge in [0, 0.05) is 45.3 Å². The predicted molar refractivity (Wildman–Crippen MR) is 121 cm³/mol. The van der Waals surface area contributed by atoms with Crippen LogP contribution in [0.4, 0.5) is 0 Å². The fourth-order valence-electron chi connectivity index (χ4n) is 3.22. The maximum absolute atomic E-state index is 11.5. The van der Waals surface area contributed by atoms with E-state index in [0.717, 1.165) is 29.2 Å². The third-order valence-corrected chi connectivity index (χ3v) is 6.63. The van der Waals surface area contributed by atoms with Crippen LogP contribution >= 0.6 is 0 Å². The van der Waals surface area contributed by atoms with Crippen LogP contribution in [0.25, 0.3) is 0 Å². The molecule has 1 fully saturated rings. The number of nitrogens with one attached hydrogen (secondary N) is 2. The van der Waals surface area contributed by atoms with Crippen molar-refractivity contribution in [2.45, 2.75) is 13.5 Å². The third kappa shape index (κ3) is 6.74. The molecule has 0 aromatic heterocycles. The largest absolute Gasteiger partial charge is 0.457 e. The molecule has 0 amide bonds. The molecule has 3 rings (SSSR count). The SMILES string of the molecule is CN=C(NCCN1CCS(=O)(=O)CC1)NCc1ccc(C)cc1Oc1ccccc1. The zero-order chi connectivity index (χ0) is 21.4. The van der Waals surface area contributed by atoms with E-state index < -0.39 is 9.84 Å². The molecule has 0 aliphatic carbocycles. The Bertz CT molecular complexity index is 948. The van der Waals surface area contributed by atoms with Crippen molar-refractivity contribution in [3.8, 4) is 11.5 Å². The van der Waals surface area contributed by atoms with E-state index in [9.17, 15) is 8.42 Å². The van der Waals surface area contributed by atoms with Crippen LogP contribution in [-0.4, -0.2) is 64.0 Å². The zero-order valence-corrected chi connectivity index (χ0v) is 18.4. The first-order valence-corrected chi connectivity index (χ1v) is 12.0. The van der Waals surface area contributed by atoms with Gasteiger partial charge in [-0.15, -0.1) is 0 Å². The van der Waals surface area contributed by atoms with E-state index in [1.54, 1.807) is 7.05 Å². The molecule has 0 unspecified atom stereocenters. The Labute approximate surface area is 179 Å². The Morgan fingerprint density at radius 1 is 1.10 bits per heavy atom. The molecule has 1 heterocycles. The number of hydrogen-bond acceptors (Lipinski definition) is 5. The van der Waals surface area contributed by atoms with Gasteiger partial charge in [0.2, 0.25) is 0 Å². The highest BCUT2D eigenvalue weighted by Gasteiger charge is 2.20. The Kier molecular flexibility index (Phi) is 7.70. The molecule has 162 valence electrons. The van der Waals surface area contributed by atoms with Crippen molar-refractivity contribution in [1.82, 2.24) is 15.5 Å². The molecule has 0 bridgehead atoms. The second-order valence-corrected chi connectivity index (χ2v) is 9.68. The predicted octanol–water partition coefficient (Wildman–Crippen LogP) is 2.18. The summed E-state index contributed by atoms with van der Waals surface area (Å²) in [6.45, 7) is 5.29. The Morgan fingerprint density at radius 3 is 2.53 bits per heavy atom. The minimum absolute atomic E-state index is 0.248. The number of nitrogens with zero attached hydrogens (tertiary/aromatic N) is 2. The molecule has 8 heteroatoms. The molecular formula is C22H30N4O3S. The minimum Gasteiger partial charge on any atom is -0.457 e. The number of ether oxygens (including phenoxy) is 1. The van der Waals surface area contributed by atoms with E-state index >= 15 is 0 Å². The van der Waals surface area contributed by atoms with Crippen LogP contribution in [0.5, 0.6) is 11.5 Å². The fraction of sp³-hybridized carbons (Fsp3) is 0.409. The fourth-order valence-corrected chi connectivity index (χ4v) is 4.50. The minimum atomic E-state index is -2.84. The van der Waals surface area contributed by atoms with Crippen LogP contribution in [0, 0.1) is 6.92 Å². The Morgan fingerprint density at radius 2 is 1.83 bits per heavy atom. The summed E-state index contributed by atoms with van der Waals surface area (Å²) >= 11 is 0. The smallest absolute Gasteiger partial charge is 0.191 e. The van der Waals surface area contributed by atoms with E-state index in [2.05, 4.69) is 32.7 Å². The number of benzene rings is 2. The van der Waals surface area contributed by atoms with Crippen LogP contribution < -0.4 is 15.4 Å². The lowest BCUT2D eigenvalue weighted by Gasteiger charge is -2.26. The molecule has 30 heavy (non-hydrogen) atoms. The lowest BCUT2D eigenvalue weighted by Crippen LogP contribution is -2.45. The second-order valence-electron chi connectivity index (χ2n) is 7.37. The standard InChI is InChI=1S/C22H30N4O3S/c1-18-8-9-19(21(16-18)29-20-6-4-3-5-7-20)17-25-22(23-2)24-10-11-26-12-14-30(27,28)15-13-26/h3-9,16H,10-15,17H2,1-2H3,(H2,23,24,25). The van der Waals surface area contributed by atoms with Gasteiger partial charge in [-0.1, -0.05) is 30.3 Å². The van der Waals surface area contributed by atoms with Crippen LogP contribution in [-0.2, 0) is 16.4 Å². The lowest BCUT2D eigenvalue weighted by molar-refractivity contribution is 0.299. The average Bonchev–Trinajstić information content (AvgIpc) is 2.73. The number of aliphatic imine (C=N–C) groups is 1. The molecule has 2 aromatic carbocycles.